The molecule has 2 rings (SSSR count). The van der Waals surface area contributed by atoms with Crippen molar-refractivity contribution in [2.45, 2.75) is 25.7 Å². The number of nitrogens with zero attached hydrogens (tertiary/aromatic N) is 3. The van der Waals surface area contributed by atoms with Crippen molar-refractivity contribution < 1.29 is 0 Å². The van der Waals surface area contributed by atoms with Gasteiger partial charge in [-0.15, -0.1) is 10.2 Å². The molecule has 6 heteroatoms. The van der Waals surface area contributed by atoms with Crippen LogP contribution in [0.25, 0.3) is 0 Å². The number of hydrogen-bond donors (Lipinski definition) is 2. The molecule has 0 spiro atoms. The molecule has 1 aromatic rings. The Hall–Kier alpha value is -1.59. The topological polar surface area (TPSA) is 85.8 Å². The summed E-state index contributed by atoms with van der Waals surface area (Å²) < 4.78 is 1.02. The Morgan fingerprint density at radius 1 is 1.53 bits per heavy atom. The number of nitrogens with two attached hydrogens (primary N) is 1. The second-order valence-corrected chi connectivity index (χ2v) is 3.96. The summed E-state index contributed by atoms with van der Waals surface area (Å²) in [6, 6.07) is 0. The van der Waals surface area contributed by atoms with E-state index in [1.165, 1.54) is 12.8 Å². The lowest BCUT2D eigenvalue weighted by molar-refractivity contribution is 0.607. The van der Waals surface area contributed by atoms with Gasteiger partial charge >= 0.3 is 0 Å². The molecule has 6 nitrogen and oxygen atoms in total. The number of rotatable bonds is 3. The van der Waals surface area contributed by atoms with Crippen molar-refractivity contribution in [3.8, 4) is 0 Å². The van der Waals surface area contributed by atoms with E-state index in [1.807, 2.05) is 6.92 Å². The minimum atomic E-state index is -0.256. The third-order valence-corrected chi connectivity index (χ3v) is 2.90. The van der Waals surface area contributed by atoms with Crippen molar-refractivity contribution >= 4 is 5.95 Å². The minimum Gasteiger partial charge on any atom is -0.356 e. The highest BCUT2D eigenvalue weighted by molar-refractivity contribution is 5.24. The maximum atomic E-state index is 11.8. The van der Waals surface area contributed by atoms with Crippen molar-refractivity contribution in [3.05, 3.63) is 16.0 Å². The van der Waals surface area contributed by atoms with Crippen LogP contribution in [0.4, 0.5) is 5.95 Å². The molecule has 1 aromatic heterocycles. The molecule has 0 saturated heterocycles. The smallest absolute Gasteiger partial charge is 0.295 e. The molecule has 1 aliphatic carbocycles. The van der Waals surface area contributed by atoms with Gasteiger partial charge in [0.1, 0.15) is 5.69 Å². The Kier molecular flexibility index (Phi) is 2.34. The third kappa shape index (κ3) is 1.67. The standard InChI is InChI=1S/C9H15N5O/c1-5(6-3-4-6)7-8(15)14(10)9(11-2)13-12-7/h5-6H,3-4,10H2,1-2H3,(H,11,13). The van der Waals surface area contributed by atoms with Crippen LogP contribution in [-0.2, 0) is 0 Å². The van der Waals surface area contributed by atoms with E-state index in [1.54, 1.807) is 7.05 Å². The molecule has 15 heavy (non-hydrogen) atoms. The molecule has 3 N–H and O–H groups in total. The predicted molar refractivity (Wildman–Crippen MR) is 57.1 cm³/mol. The molecule has 0 bridgehead atoms. The molecule has 1 fully saturated rings. The Morgan fingerprint density at radius 3 is 2.73 bits per heavy atom. The van der Waals surface area contributed by atoms with Crippen LogP contribution in [0.5, 0.6) is 0 Å². The lowest BCUT2D eigenvalue weighted by atomic mass is 10.0. The molecule has 0 radical (unpaired) electrons. The number of nitrogens with one attached hydrogen (secondary N) is 1. The fraction of sp³-hybridized carbons (Fsp3) is 0.667. The minimum absolute atomic E-state index is 0.158. The van der Waals surface area contributed by atoms with Crippen LogP contribution in [0, 0.1) is 5.92 Å². The summed E-state index contributed by atoms with van der Waals surface area (Å²) in [6.45, 7) is 2.00. The number of hydrogen-bond acceptors (Lipinski definition) is 5. The maximum Gasteiger partial charge on any atom is 0.295 e. The molecule has 82 valence electrons. The van der Waals surface area contributed by atoms with Crippen molar-refractivity contribution in [3.63, 3.8) is 0 Å². The van der Waals surface area contributed by atoms with Crippen molar-refractivity contribution in [2.24, 2.45) is 5.92 Å². The first-order chi connectivity index (χ1) is 7.15. The third-order valence-electron chi connectivity index (χ3n) is 2.90. The molecular formula is C9H15N5O. The van der Waals surface area contributed by atoms with Gasteiger partial charge in [0, 0.05) is 13.0 Å². The van der Waals surface area contributed by atoms with Crippen LogP contribution < -0.4 is 16.7 Å². The monoisotopic (exact) mass is 209 g/mol. The summed E-state index contributed by atoms with van der Waals surface area (Å²) in [5.41, 5.74) is 0.216. The Balaban J connectivity index is 2.40. The predicted octanol–water partition coefficient (Wildman–Crippen LogP) is -0.0927. The van der Waals surface area contributed by atoms with Gasteiger partial charge in [0.15, 0.2) is 0 Å². The highest BCUT2D eigenvalue weighted by atomic mass is 16.1. The van der Waals surface area contributed by atoms with Crippen LogP contribution in [-0.4, -0.2) is 21.9 Å². The van der Waals surface area contributed by atoms with Gasteiger partial charge < -0.3 is 11.2 Å². The first-order valence-electron chi connectivity index (χ1n) is 5.07. The summed E-state index contributed by atoms with van der Waals surface area (Å²) in [5.74, 6) is 6.61. The fourth-order valence-corrected chi connectivity index (χ4v) is 1.69. The molecule has 1 saturated carbocycles. The molecule has 1 heterocycles. The van der Waals surface area contributed by atoms with Crippen LogP contribution in [0.2, 0.25) is 0 Å². The van der Waals surface area contributed by atoms with Crippen LogP contribution in [0.15, 0.2) is 4.79 Å². The van der Waals surface area contributed by atoms with Gasteiger partial charge in [-0.1, -0.05) is 6.92 Å². The van der Waals surface area contributed by atoms with Crippen LogP contribution in [0.3, 0.4) is 0 Å². The van der Waals surface area contributed by atoms with E-state index in [0.29, 0.717) is 11.6 Å². The zero-order chi connectivity index (χ0) is 11.0. The second-order valence-electron chi connectivity index (χ2n) is 3.96. The molecule has 0 amide bonds. The first kappa shape index (κ1) is 9.95. The molecule has 1 unspecified atom stereocenters. The lowest BCUT2D eigenvalue weighted by Gasteiger charge is -2.10. The lowest BCUT2D eigenvalue weighted by Crippen LogP contribution is -2.35. The van der Waals surface area contributed by atoms with Gasteiger partial charge in [-0.2, -0.15) is 4.68 Å². The van der Waals surface area contributed by atoms with E-state index in [2.05, 4.69) is 15.5 Å². The van der Waals surface area contributed by atoms with Crippen molar-refractivity contribution in [1.29, 1.82) is 0 Å². The van der Waals surface area contributed by atoms with E-state index >= 15 is 0 Å². The van der Waals surface area contributed by atoms with Crippen LogP contribution in [0.1, 0.15) is 31.4 Å². The number of aromatic nitrogens is 3. The van der Waals surface area contributed by atoms with E-state index in [4.69, 9.17) is 5.84 Å². The molecular weight excluding hydrogens is 194 g/mol. The Labute approximate surface area is 87.5 Å². The summed E-state index contributed by atoms with van der Waals surface area (Å²) in [4.78, 5) is 11.8. The largest absolute Gasteiger partial charge is 0.356 e. The SMILES string of the molecule is CNc1nnc(C(C)C2CC2)c(=O)n1N. The quantitative estimate of drug-likeness (QED) is 0.679. The molecule has 0 aromatic carbocycles. The zero-order valence-electron chi connectivity index (χ0n) is 8.90. The van der Waals surface area contributed by atoms with Gasteiger partial charge in [0.2, 0.25) is 5.95 Å². The van der Waals surface area contributed by atoms with Crippen molar-refractivity contribution in [1.82, 2.24) is 14.9 Å². The second kappa shape index (κ2) is 3.52. The zero-order valence-corrected chi connectivity index (χ0v) is 8.90. The summed E-state index contributed by atoms with van der Waals surface area (Å²) >= 11 is 0. The molecule has 1 aliphatic rings. The summed E-state index contributed by atoms with van der Waals surface area (Å²) in [5, 5.41) is 10.5. The first-order valence-corrected chi connectivity index (χ1v) is 5.07. The highest BCUT2D eigenvalue weighted by Gasteiger charge is 2.32. The average molecular weight is 209 g/mol. The molecule has 1 atom stereocenters. The van der Waals surface area contributed by atoms with Gasteiger partial charge in [-0.3, -0.25) is 4.79 Å². The van der Waals surface area contributed by atoms with E-state index in [9.17, 15) is 4.79 Å². The van der Waals surface area contributed by atoms with Gasteiger partial charge in [0.05, 0.1) is 0 Å². The van der Waals surface area contributed by atoms with Crippen molar-refractivity contribution in [2.75, 3.05) is 18.2 Å². The number of nitrogen functional groups attached to an aromatic ring is 1. The van der Waals surface area contributed by atoms with E-state index in [0.717, 1.165) is 4.68 Å². The highest BCUT2D eigenvalue weighted by Crippen LogP contribution is 2.40. The normalized spacial score (nSPS) is 17.5. The molecule has 0 aliphatic heterocycles. The van der Waals surface area contributed by atoms with Crippen LogP contribution >= 0.6 is 0 Å². The number of anilines is 1. The summed E-state index contributed by atoms with van der Waals surface area (Å²) in [7, 11) is 1.65. The van der Waals surface area contributed by atoms with Gasteiger partial charge in [-0.05, 0) is 18.8 Å². The van der Waals surface area contributed by atoms with E-state index < -0.39 is 0 Å². The Morgan fingerprint density at radius 2 is 2.20 bits per heavy atom. The van der Waals surface area contributed by atoms with Gasteiger partial charge in [-0.25, -0.2) is 0 Å². The maximum absolute atomic E-state index is 11.8. The summed E-state index contributed by atoms with van der Waals surface area (Å²) in [6.07, 6.45) is 2.33. The van der Waals surface area contributed by atoms with Gasteiger partial charge in [0.25, 0.3) is 5.56 Å². The Bertz CT molecular complexity index is 423. The average Bonchev–Trinajstić information content (AvgIpc) is 3.04. The van der Waals surface area contributed by atoms with E-state index in [-0.39, 0.29) is 17.4 Å². The fourth-order valence-electron chi connectivity index (χ4n) is 1.69.